The van der Waals surface area contributed by atoms with E-state index in [9.17, 15) is 10.2 Å². The Hall–Kier alpha value is -4.92. The molecule has 0 aliphatic rings. The van der Waals surface area contributed by atoms with Crippen LogP contribution in [0.25, 0.3) is 50.0 Å². The lowest BCUT2D eigenvalue weighted by molar-refractivity contribution is 0.403. The van der Waals surface area contributed by atoms with Gasteiger partial charge in [-0.05, 0) is 35.9 Å². The van der Waals surface area contributed by atoms with E-state index in [0.717, 1.165) is 16.5 Å². The molecule has 166 valence electrons. The van der Waals surface area contributed by atoms with Crippen LogP contribution in [0.1, 0.15) is 0 Å². The summed E-state index contributed by atoms with van der Waals surface area (Å²) in [6, 6.07) is 13.6. The van der Waals surface area contributed by atoms with Crippen LogP contribution in [0.3, 0.4) is 0 Å². The molecule has 1 aromatic carbocycles. The van der Waals surface area contributed by atoms with E-state index in [2.05, 4.69) is 19.9 Å². The number of aromatic amines is 1. The highest BCUT2D eigenvalue weighted by molar-refractivity contribution is 6.13. The van der Waals surface area contributed by atoms with Crippen LogP contribution in [0, 0.1) is 5.82 Å². The first-order valence-corrected chi connectivity index (χ1v) is 10.4. The van der Waals surface area contributed by atoms with E-state index in [0.29, 0.717) is 33.5 Å². The van der Waals surface area contributed by atoms with Gasteiger partial charge in [0.2, 0.25) is 11.8 Å². The van der Waals surface area contributed by atoms with Crippen molar-refractivity contribution < 1.29 is 14.6 Å². The van der Waals surface area contributed by atoms with Gasteiger partial charge in [-0.3, -0.25) is 9.97 Å². The normalized spacial score (nSPS) is 11.4. The number of nitrogen functional groups attached to an aromatic ring is 1. The van der Waals surface area contributed by atoms with Crippen molar-refractivity contribution >= 4 is 27.6 Å². The van der Waals surface area contributed by atoms with Gasteiger partial charge in [-0.25, -0.2) is 13.9 Å². The molecule has 0 bridgehead atoms. The van der Waals surface area contributed by atoms with Crippen molar-refractivity contribution in [2.45, 2.75) is 0 Å². The third-order valence-electron chi connectivity index (χ3n) is 5.81. The number of hydrogen-bond donors (Lipinski definition) is 4. The van der Waals surface area contributed by atoms with Crippen molar-refractivity contribution in [2.75, 3.05) is 5.73 Å². The zero-order valence-electron chi connectivity index (χ0n) is 17.6. The fourth-order valence-electron chi connectivity index (χ4n) is 4.23. The second-order valence-corrected chi connectivity index (χ2v) is 7.85. The third kappa shape index (κ3) is 2.95. The Morgan fingerprint density at radius 1 is 0.941 bits per heavy atom. The lowest BCUT2D eigenvalue weighted by Crippen LogP contribution is -1.94. The highest BCUT2D eigenvalue weighted by Gasteiger charge is 2.18. The molecule has 0 aliphatic carbocycles. The number of rotatable bonds is 3. The lowest BCUT2D eigenvalue weighted by Gasteiger charge is -2.10. The van der Waals surface area contributed by atoms with E-state index < -0.39 is 5.82 Å². The summed E-state index contributed by atoms with van der Waals surface area (Å²) in [4.78, 5) is 16.1. The Bertz CT molecular complexity index is 1690. The Balaban J connectivity index is 1.54. The van der Waals surface area contributed by atoms with Crippen LogP contribution in [0.2, 0.25) is 0 Å². The summed E-state index contributed by atoms with van der Waals surface area (Å²) in [6.45, 7) is 0. The van der Waals surface area contributed by atoms with Gasteiger partial charge in [-0.2, -0.15) is 0 Å². The molecular formula is C25H17FN6O2. The van der Waals surface area contributed by atoms with Crippen LogP contribution >= 0.6 is 0 Å². The number of pyridine rings is 3. The van der Waals surface area contributed by atoms with Gasteiger partial charge in [0.25, 0.3) is 0 Å². The predicted octanol–water partition coefficient (Wildman–Crippen LogP) is 4.76. The quantitative estimate of drug-likeness (QED) is 0.307. The third-order valence-corrected chi connectivity index (χ3v) is 5.81. The van der Waals surface area contributed by atoms with Crippen molar-refractivity contribution in [1.82, 2.24) is 24.5 Å². The predicted molar refractivity (Wildman–Crippen MR) is 127 cm³/mol. The van der Waals surface area contributed by atoms with E-state index in [1.54, 1.807) is 42.9 Å². The number of nitrogens with zero attached hydrogens (tertiary/aromatic N) is 4. The lowest BCUT2D eigenvalue weighted by atomic mass is 10.00. The van der Waals surface area contributed by atoms with Gasteiger partial charge in [-0.1, -0.05) is 12.1 Å². The fraction of sp³-hybridized carbons (Fsp3) is 0. The van der Waals surface area contributed by atoms with Gasteiger partial charge in [0.05, 0.1) is 35.0 Å². The van der Waals surface area contributed by atoms with Crippen LogP contribution in [0.4, 0.5) is 10.1 Å². The number of halogens is 1. The monoisotopic (exact) mass is 452 g/mol. The molecule has 0 unspecified atom stereocenters. The van der Waals surface area contributed by atoms with E-state index in [4.69, 9.17) is 5.73 Å². The minimum absolute atomic E-state index is 0.0558. The summed E-state index contributed by atoms with van der Waals surface area (Å²) in [5.74, 6) is -0.945. The topological polar surface area (TPSA) is 126 Å². The highest BCUT2D eigenvalue weighted by atomic mass is 19.1. The second kappa shape index (κ2) is 7.31. The number of aromatic hydroxyl groups is 2. The fourth-order valence-corrected chi connectivity index (χ4v) is 4.23. The zero-order valence-corrected chi connectivity index (χ0v) is 17.6. The van der Waals surface area contributed by atoms with Crippen molar-refractivity contribution in [3.8, 4) is 39.8 Å². The average molecular weight is 452 g/mol. The molecule has 5 N–H and O–H groups in total. The molecule has 9 heteroatoms. The van der Waals surface area contributed by atoms with Gasteiger partial charge in [0, 0.05) is 40.4 Å². The number of nitrogens with one attached hydrogen (secondary N) is 1. The molecule has 0 radical (unpaired) electrons. The maximum Gasteiger partial charge on any atom is 0.222 e. The van der Waals surface area contributed by atoms with Crippen LogP contribution in [-0.4, -0.2) is 34.7 Å². The number of aromatic nitrogens is 5. The molecule has 0 amide bonds. The Morgan fingerprint density at radius 3 is 2.47 bits per heavy atom. The average Bonchev–Trinajstić information content (AvgIpc) is 3.35. The standard InChI is InChI=1S/C25H17FN6O2/c26-17-11-30-24-23(16-8-19(29-12-20(16)31-24)14-2-1-7-28-10-14)22(17)13-3-5-15(6-4-13)32-21(33)9-18(27)25(32)34/h1-12,33-34H,27H2,(H,30,31). The Labute approximate surface area is 191 Å². The van der Waals surface area contributed by atoms with E-state index in [1.165, 1.54) is 16.8 Å². The van der Waals surface area contributed by atoms with Crippen molar-refractivity contribution in [1.29, 1.82) is 0 Å². The highest BCUT2D eigenvalue weighted by Crippen LogP contribution is 2.38. The first-order chi connectivity index (χ1) is 16.5. The minimum Gasteiger partial charge on any atom is -0.494 e. The molecule has 34 heavy (non-hydrogen) atoms. The summed E-state index contributed by atoms with van der Waals surface area (Å²) in [6.07, 6.45) is 6.30. The summed E-state index contributed by atoms with van der Waals surface area (Å²) < 4.78 is 16.4. The van der Waals surface area contributed by atoms with Gasteiger partial charge in [-0.15, -0.1) is 0 Å². The van der Waals surface area contributed by atoms with E-state index in [1.807, 2.05) is 18.2 Å². The zero-order chi connectivity index (χ0) is 23.4. The molecule has 0 fully saturated rings. The van der Waals surface area contributed by atoms with Crippen molar-refractivity contribution in [2.24, 2.45) is 0 Å². The maximum absolute atomic E-state index is 15.2. The molecule has 0 saturated heterocycles. The van der Waals surface area contributed by atoms with Gasteiger partial charge >= 0.3 is 0 Å². The van der Waals surface area contributed by atoms with Crippen LogP contribution in [0.15, 0.2) is 73.3 Å². The first-order valence-electron chi connectivity index (χ1n) is 10.4. The van der Waals surface area contributed by atoms with E-state index in [-0.39, 0.29) is 17.4 Å². The van der Waals surface area contributed by atoms with Crippen LogP contribution in [-0.2, 0) is 0 Å². The van der Waals surface area contributed by atoms with Crippen molar-refractivity contribution in [3.63, 3.8) is 0 Å². The van der Waals surface area contributed by atoms with Crippen LogP contribution < -0.4 is 5.73 Å². The molecule has 5 heterocycles. The molecule has 8 nitrogen and oxygen atoms in total. The molecule has 0 atom stereocenters. The van der Waals surface area contributed by atoms with E-state index >= 15 is 4.39 Å². The Kier molecular flexibility index (Phi) is 4.24. The molecule has 5 aromatic heterocycles. The number of nitrogens with two attached hydrogens (primary N) is 1. The number of fused-ring (bicyclic) bond motifs is 3. The largest absolute Gasteiger partial charge is 0.494 e. The smallest absolute Gasteiger partial charge is 0.222 e. The second-order valence-electron chi connectivity index (χ2n) is 7.85. The first kappa shape index (κ1) is 19.7. The molecule has 0 aliphatic heterocycles. The summed E-state index contributed by atoms with van der Waals surface area (Å²) in [5, 5.41) is 21.6. The van der Waals surface area contributed by atoms with Gasteiger partial charge in [0.15, 0.2) is 0 Å². The molecule has 6 rings (SSSR count). The summed E-state index contributed by atoms with van der Waals surface area (Å²) >= 11 is 0. The molecule has 0 spiro atoms. The van der Waals surface area contributed by atoms with Gasteiger partial charge in [0.1, 0.15) is 11.5 Å². The molecule has 0 saturated carbocycles. The maximum atomic E-state index is 15.2. The number of hydrogen-bond acceptors (Lipinski definition) is 6. The van der Waals surface area contributed by atoms with Gasteiger partial charge < -0.3 is 20.9 Å². The minimum atomic E-state index is -0.475. The van der Waals surface area contributed by atoms with Crippen LogP contribution in [0.5, 0.6) is 11.8 Å². The summed E-state index contributed by atoms with van der Waals surface area (Å²) in [7, 11) is 0. The SMILES string of the molecule is Nc1cc(O)n(-c2ccc(-c3c(F)cnc4[nH]c5cnc(-c6cccnc6)cc5c34)cc2)c1O. The number of anilines is 1. The van der Waals surface area contributed by atoms with Crippen molar-refractivity contribution in [3.05, 3.63) is 79.1 Å². The number of H-pyrrole nitrogens is 1. The molecular weight excluding hydrogens is 435 g/mol. The number of benzene rings is 1. The summed E-state index contributed by atoms with van der Waals surface area (Å²) in [5.41, 5.74) is 10.0. The Morgan fingerprint density at radius 2 is 1.76 bits per heavy atom. The molecule has 6 aromatic rings.